The third-order valence-corrected chi connectivity index (χ3v) is 1.65. The van der Waals surface area contributed by atoms with Crippen molar-refractivity contribution in [1.29, 1.82) is 0 Å². The molecule has 0 aromatic carbocycles. The van der Waals surface area contributed by atoms with Crippen molar-refractivity contribution in [2.45, 2.75) is 6.42 Å². The van der Waals surface area contributed by atoms with E-state index in [2.05, 4.69) is 4.79 Å². The lowest BCUT2D eigenvalue weighted by Crippen LogP contribution is -2.14. The van der Waals surface area contributed by atoms with Gasteiger partial charge >= 0.3 is 12.2 Å². The van der Waals surface area contributed by atoms with Gasteiger partial charge in [0.25, 0.3) is 0 Å². The van der Waals surface area contributed by atoms with Gasteiger partial charge in [-0.3, -0.25) is 0 Å². The molecule has 0 aromatic heterocycles. The molecule has 0 aliphatic carbocycles. The summed E-state index contributed by atoms with van der Waals surface area (Å²) in [5.41, 5.74) is 7.97. The first-order valence-corrected chi connectivity index (χ1v) is 3.75. The number of hydrogen-bond donors (Lipinski definition) is 0. The van der Waals surface area contributed by atoms with Crippen LogP contribution in [0.25, 0.3) is 5.53 Å². The van der Waals surface area contributed by atoms with Crippen LogP contribution in [0.3, 0.4) is 0 Å². The van der Waals surface area contributed by atoms with E-state index >= 15 is 0 Å². The molecule has 1 heterocycles. The lowest BCUT2D eigenvalue weighted by Gasteiger charge is -2.04. The van der Waals surface area contributed by atoms with Crippen molar-refractivity contribution in [2.24, 2.45) is 5.92 Å². The van der Waals surface area contributed by atoms with Crippen molar-refractivity contribution in [2.75, 3.05) is 19.8 Å². The monoisotopic (exact) mass is 170 g/mol. The van der Waals surface area contributed by atoms with E-state index in [1.54, 1.807) is 0 Å². The second kappa shape index (κ2) is 4.64. The van der Waals surface area contributed by atoms with Gasteiger partial charge < -0.3 is 15.0 Å². The van der Waals surface area contributed by atoms with Crippen LogP contribution in [0.4, 0.5) is 0 Å². The Hall–Kier alpha value is -1.19. The first kappa shape index (κ1) is 8.90. The molecule has 1 unspecified atom stereocenters. The van der Waals surface area contributed by atoms with Gasteiger partial charge in [0.1, 0.15) is 0 Å². The molecule has 0 saturated carbocycles. The lowest BCUT2D eigenvalue weighted by atomic mass is 10.1. The Morgan fingerprint density at radius 1 is 1.83 bits per heavy atom. The summed E-state index contributed by atoms with van der Waals surface area (Å²) in [6, 6.07) is 0. The Bertz CT molecular complexity index is 205. The molecule has 1 aliphatic rings. The summed E-state index contributed by atoms with van der Waals surface area (Å²) in [5, 5.41) is 0. The van der Waals surface area contributed by atoms with Gasteiger partial charge in [-0.25, -0.2) is 4.79 Å². The highest BCUT2D eigenvalue weighted by molar-refractivity contribution is 6.20. The number of rotatable bonds is 3. The topological polar surface area (TPSA) is 71.9 Å². The zero-order valence-corrected chi connectivity index (χ0v) is 6.60. The molecule has 0 aromatic rings. The molecule has 1 saturated heterocycles. The molecular weight excluding hydrogens is 160 g/mol. The maximum atomic E-state index is 10.6. The number of esters is 1. The maximum absolute atomic E-state index is 10.6. The van der Waals surface area contributed by atoms with Crippen molar-refractivity contribution in [3.05, 3.63) is 5.53 Å². The SMILES string of the molecule is [N-]=[N+]=CC(=O)OCC1CCOC1. The minimum Gasteiger partial charge on any atom is -0.457 e. The fourth-order valence-corrected chi connectivity index (χ4v) is 0.999. The number of nitrogens with zero attached hydrogens (tertiary/aromatic N) is 2. The van der Waals surface area contributed by atoms with E-state index < -0.39 is 5.97 Å². The molecule has 1 aliphatic heterocycles. The number of hydrogen-bond acceptors (Lipinski definition) is 3. The van der Waals surface area contributed by atoms with Gasteiger partial charge in [-0.2, -0.15) is 4.79 Å². The minimum atomic E-state index is -0.621. The number of ether oxygens (including phenoxy) is 2. The Labute approximate surface area is 69.9 Å². The van der Waals surface area contributed by atoms with Crippen LogP contribution in [-0.2, 0) is 14.3 Å². The van der Waals surface area contributed by atoms with Crippen molar-refractivity contribution in [1.82, 2.24) is 0 Å². The Morgan fingerprint density at radius 3 is 3.25 bits per heavy atom. The van der Waals surface area contributed by atoms with Crippen molar-refractivity contribution < 1.29 is 19.1 Å². The van der Waals surface area contributed by atoms with Crippen LogP contribution in [0.5, 0.6) is 0 Å². The van der Waals surface area contributed by atoms with Crippen LogP contribution in [-0.4, -0.2) is 36.8 Å². The van der Waals surface area contributed by atoms with Gasteiger partial charge in [0, 0.05) is 12.5 Å². The fraction of sp³-hybridized carbons (Fsp3) is 0.714. The molecule has 0 N–H and O–H groups in total. The Balaban J connectivity index is 2.15. The highest BCUT2D eigenvalue weighted by atomic mass is 16.5. The average molecular weight is 170 g/mol. The van der Waals surface area contributed by atoms with E-state index in [0.717, 1.165) is 19.2 Å². The van der Waals surface area contributed by atoms with Crippen molar-refractivity contribution >= 4 is 12.2 Å². The third-order valence-electron chi connectivity index (χ3n) is 1.65. The smallest absolute Gasteiger partial charge is 0.413 e. The zero-order valence-electron chi connectivity index (χ0n) is 6.60. The van der Waals surface area contributed by atoms with E-state index in [4.69, 9.17) is 15.0 Å². The fourth-order valence-electron chi connectivity index (χ4n) is 0.999. The summed E-state index contributed by atoms with van der Waals surface area (Å²) in [7, 11) is 0. The van der Waals surface area contributed by atoms with Crippen LogP contribution in [0, 0.1) is 5.92 Å². The first-order chi connectivity index (χ1) is 5.83. The summed E-state index contributed by atoms with van der Waals surface area (Å²) in [6.45, 7) is 1.71. The summed E-state index contributed by atoms with van der Waals surface area (Å²) in [5.74, 6) is -0.328. The summed E-state index contributed by atoms with van der Waals surface area (Å²) in [4.78, 5) is 13.2. The summed E-state index contributed by atoms with van der Waals surface area (Å²) in [6.07, 6.45) is 1.65. The Morgan fingerprint density at radius 2 is 2.67 bits per heavy atom. The molecule has 12 heavy (non-hydrogen) atoms. The lowest BCUT2D eigenvalue weighted by molar-refractivity contribution is -0.140. The molecule has 5 nitrogen and oxygen atoms in total. The predicted molar refractivity (Wildman–Crippen MR) is 39.6 cm³/mol. The molecule has 0 amide bonds. The van der Waals surface area contributed by atoms with Gasteiger partial charge in [0.15, 0.2) is 0 Å². The van der Waals surface area contributed by atoms with E-state index in [-0.39, 0.29) is 0 Å². The molecule has 0 spiro atoms. The molecule has 0 radical (unpaired) electrons. The predicted octanol–water partition coefficient (Wildman–Crippen LogP) is -0.133. The van der Waals surface area contributed by atoms with Crippen LogP contribution in [0.1, 0.15) is 6.42 Å². The van der Waals surface area contributed by atoms with E-state index in [1.807, 2.05) is 0 Å². The number of carbonyl (C=O) groups excluding carboxylic acids is 1. The third kappa shape index (κ3) is 2.82. The van der Waals surface area contributed by atoms with E-state index in [1.165, 1.54) is 0 Å². The van der Waals surface area contributed by atoms with Gasteiger partial charge in [0.05, 0.1) is 13.2 Å². The van der Waals surface area contributed by atoms with Crippen molar-refractivity contribution in [3.8, 4) is 0 Å². The van der Waals surface area contributed by atoms with E-state index in [9.17, 15) is 4.79 Å². The standard InChI is InChI=1S/C7H10N2O3/c8-9-3-7(10)12-5-6-1-2-11-4-6/h3,6H,1-2,4-5H2. The molecule has 5 heteroatoms. The second-order valence-corrected chi connectivity index (χ2v) is 2.60. The quantitative estimate of drug-likeness (QED) is 0.256. The first-order valence-electron chi connectivity index (χ1n) is 3.75. The summed E-state index contributed by atoms with van der Waals surface area (Å²) >= 11 is 0. The largest absolute Gasteiger partial charge is 0.457 e. The molecule has 0 bridgehead atoms. The van der Waals surface area contributed by atoms with Crippen LogP contribution in [0.2, 0.25) is 0 Å². The van der Waals surface area contributed by atoms with E-state index in [0.29, 0.717) is 19.1 Å². The molecule has 1 atom stereocenters. The van der Waals surface area contributed by atoms with Crippen LogP contribution in [0.15, 0.2) is 0 Å². The van der Waals surface area contributed by atoms with Gasteiger partial charge in [-0.05, 0) is 6.42 Å². The highest BCUT2D eigenvalue weighted by Gasteiger charge is 2.17. The van der Waals surface area contributed by atoms with Crippen molar-refractivity contribution in [3.63, 3.8) is 0 Å². The maximum Gasteiger partial charge on any atom is 0.413 e. The average Bonchev–Trinajstić information content (AvgIpc) is 2.53. The normalized spacial score (nSPS) is 21.5. The summed E-state index contributed by atoms with van der Waals surface area (Å²) < 4.78 is 9.81. The molecular formula is C7H10N2O3. The molecule has 1 fully saturated rings. The van der Waals surface area contributed by atoms with Gasteiger partial charge in [-0.1, -0.05) is 0 Å². The minimum absolute atomic E-state index is 0.293. The van der Waals surface area contributed by atoms with Crippen LogP contribution < -0.4 is 0 Å². The zero-order chi connectivity index (χ0) is 8.81. The van der Waals surface area contributed by atoms with Crippen LogP contribution >= 0.6 is 0 Å². The Kier molecular flexibility index (Phi) is 3.44. The second-order valence-electron chi connectivity index (χ2n) is 2.60. The van der Waals surface area contributed by atoms with Gasteiger partial charge in [0.2, 0.25) is 0 Å². The molecule has 66 valence electrons. The number of carbonyl (C=O) groups is 1. The van der Waals surface area contributed by atoms with Gasteiger partial charge in [-0.15, -0.1) is 0 Å². The molecule has 1 rings (SSSR count). The highest BCUT2D eigenvalue weighted by Crippen LogP contribution is 2.11.